The van der Waals surface area contributed by atoms with Crippen molar-refractivity contribution in [3.05, 3.63) is 152 Å². The van der Waals surface area contributed by atoms with Gasteiger partial charge in [-0.05, 0) is 98.7 Å². The third kappa shape index (κ3) is 13.0. The first-order chi connectivity index (χ1) is 29.2. The van der Waals surface area contributed by atoms with Gasteiger partial charge in [0.15, 0.2) is 0 Å². The molecule has 0 saturated carbocycles. The molecule has 0 aliphatic heterocycles. The van der Waals surface area contributed by atoms with Crippen LogP contribution in [-0.4, -0.2) is 48.9 Å². The number of ether oxygens (including phenoxy) is 1. The van der Waals surface area contributed by atoms with E-state index >= 15 is 0 Å². The van der Waals surface area contributed by atoms with Crippen LogP contribution < -0.4 is 0 Å². The number of halogens is 3. The molecule has 316 valence electrons. The van der Waals surface area contributed by atoms with Gasteiger partial charge < -0.3 is 18.7 Å². The molecule has 0 aliphatic carbocycles. The Morgan fingerprint density at radius 3 is 1.48 bits per heavy atom. The highest BCUT2D eigenvalue weighted by molar-refractivity contribution is 6.63. The molecule has 12 nitrogen and oxygen atoms in total. The summed E-state index contributed by atoms with van der Waals surface area (Å²) < 4.78 is 17.3. The maximum atomic E-state index is 11.9. The van der Waals surface area contributed by atoms with E-state index in [4.69, 9.17) is 61.5 Å². The van der Waals surface area contributed by atoms with Gasteiger partial charge >= 0.3 is 5.97 Å². The van der Waals surface area contributed by atoms with Crippen LogP contribution in [0.15, 0.2) is 93.8 Å². The Labute approximate surface area is 370 Å². The first-order valence-electron chi connectivity index (χ1n) is 19.4. The van der Waals surface area contributed by atoms with Gasteiger partial charge in [0.2, 0.25) is 40.2 Å². The molecule has 6 aromatic rings. The Hall–Kier alpha value is -5.89. The molecular formula is C46H45Cl3N6O6. The summed E-state index contributed by atoms with van der Waals surface area (Å²) in [6, 6.07) is 26.1. The van der Waals surface area contributed by atoms with Crippen molar-refractivity contribution in [3.8, 4) is 22.9 Å². The number of hydrogen-bond acceptors (Lipinski definition) is 10. The van der Waals surface area contributed by atoms with Crippen LogP contribution in [0.2, 0.25) is 10.0 Å². The van der Waals surface area contributed by atoms with Crippen LogP contribution in [-0.2, 0) is 27.2 Å². The molecule has 0 bridgehead atoms. The fourth-order valence-electron chi connectivity index (χ4n) is 5.97. The van der Waals surface area contributed by atoms with Gasteiger partial charge in [0.1, 0.15) is 6.10 Å². The summed E-state index contributed by atoms with van der Waals surface area (Å²) in [4.78, 5) is 28.3. The van der Waals surface area contributed by atoms with E-state index in [-0.39, 0.29) is 29.5 Å². The molecule has 15 heteroatoms. The summed E-state index contributed by atoms with van der Waals surface area (Å²) in [6.07, 6.45) is 0.497. The van der Waals surface area contributed by atoms with Crippen molar-refractivity contribution in [3.63, 3.8) is 0 Å². The molecule has 0 saturated heterocycles. The summed E-state index contributed by atoms with van der Waals surface area (Å²) in [6.45, 7) is 25.1. The van der Waals surface area contributed by atoms with E-state index in [2.05, 4.69) is 30.1 Å². The number of nitrogens with zero attached hydrogens (tertiary/aromatic N) is 6. The zero-order chi connectivity index (χ0) is 44.6. The molecule has 2 aromatic heterocycles. The summed E-state index contributed by atoms with van der Waals surface area (Å²) >= 11 is 17.4. The highest BCUT2D eigenvalue weighted by Crippen LogP contribution is 2.36. The molecule has 0 radical (unpaired) electrons. The number of hydrogen-bond donors (Lipinski definition) is 1. The number of aromatic nitrogens is 4. The summed E-state index contributed by atoms with van der Waals surface area (Å²) in [5.41, 5.74) is 5.98. The van der Waals surface area contributed by atoms with Crippen LogP contribution in [0.3, 0.4) is 0 Å². The second kappa shape index (κ2) is 23.2. The zero-order valence-corrected chi connectivity index (χ0v) is 36.8. The minimum Gasteiger partial charge on any atom is -0.462 e. The van der Waals surface area contributed by atoms with Crippen molar-refractivity contribution in [2.45, 2.75) is 91.3 Å². The maximum absolute atomic E-state index is 11.9. The number of aliphatic hydroxyl groups is 1. The Morgan fingerprint density at radius 2 is 1.10 bits per heavy atom. The minimum absolute atomic E-state index is 0.273. The lowest BCUT2D eigenvalue weighted by Gasteiger charge is -2.22. The molecular weight excluding hydrogens is 839 g/mol. The van der Waals surface area contributed by atoms with Gasteiger partial charge in [-0.25, -0.2) is 9.69 Å². The van der Waals surface area contributed by atoms with E-state index in [9.17, 15) is 14.7 Å². The first kappa shape index (κ1) is 47.8. The van der Waals surface area contributed by atoms with Gasteiger partial charge in [-0.2, -0.15) is 0 Å². The Morgan fingerprint density at radius 1 is 0.689 bits per heavy atom. The molecule has 0 spiro atoms. The van der Waals surface area contributed by atoms with E-state index in [0.29, 0.717) is 64.2 Å². The number of rotatable bonds is 13. The molecule has 4 aromatic carbocycles. The molecule has 0 aliphatic rings. The molecule has 61 heavy (non-hydrogen) atoms. The predicted octanol–water partition coefficient (Wildman–Crippen LogP) is 12.0. The second-order valence-electron chi connectivity index (χ2n) is 13.8. The lowest BCUT2D eigenvalue weighted by molar-refractivity contribution is -0.149. The van der Waals surface area contributed by atoms with Crippen LogP contribution in [0.25, 0.3) is 32.6 Å². The van der Waals surface area contributed by atoms with Crippen molar-refractivity contribution in [2.24, 2.45) is 0 Å². The fraction of sp³-hybridized carbons (Fsp3) is 0.304. The van der Waals surface area contributed by atoms with Crippen LogP contribution in [0.5, 0.6) is 0 Å². The van der Waals surface area contributed by atoms with Crippen molar-refractivity contribution < 1.29 is 28.3 Å². The summed E-state index contributed by atoms with van der Waals surface area (Å²) in [7, 11) is 0. The van der Waals surface area contributed by atoms with Crippen LogP contribution >= 0.6 is 34.8 Å². The van der Waals surface area contributed by atoms with Gasteiger partial charge in [0, 0.05) is 24.0 Å². The van der Waals surface area contributed by atoms with Crippen molar-refractivity contribution in [2.75, 3.05) is 0 Å². The van der Waals surface area contributed by atoms with Crippen LogP contribution in [0.1, 0.15) is 86.4 Å². The van der Waals surface area contributed by atoms with E-state index in [0.717, 1.165) is 33.4 Å². The van der Waals surface area contributed by atoms with Gasteiger partial charge in [-0.1, -0.05) is 97.7 Å². The van der Waals surface area contributed by atoms with Gasteiger partial charge in [0.25, 0.3) is 0 Å². The lowest BCUT2D eigenvalue weighted by atomic mass is 9.92. The van der Waals surface area contributed by atoms with Crippen molar-refractivity contribution >= 4 is 57.4 Å². The Kier molecular flexibility index (Phi) is 18.2. The molecule has 6 rings (SSSR count). The van der Waals surface area contributed by atoms with E-state index < -0.39 is 12.2 Å². The number of carbonyl (C=O) groups is 2. The molecule has 4 atom stereocenters. The third-order valence-electron chi connectivity index (χ3n) is 9.67. The van der Waals surface area contributed by atoms with Gasteiger partial charge in [0.05, 0.1) is 41.1 Å². The average Bonchev–Trinajstić information content (AvgIpc) is 3.97. The number of benzene rings is 4. The van der Waals surface area contributed by atoms with Gasteiger partial charge in [-0.3, -0.25) is 9.59 Å². The second-order valence-corrected chi connectivity index (χ2v) is 15.0. The van der Waals surface area contributed by atoms with Crippen LogP contribution in [0, 0.1) is 27.0 Å². The highest BCUT2D eigenvalue weighted by atomic mass is 35.5. The molecule has 0 fully saturated rings. The van der Waals surface area contributed by atoms with E-state index in [1.165, 1.54) is 0 Å². The lowest BCUT2D eigenvalue weighted by Crippen LogP contribution is -2.24. The third-order valence-corrected chi connectivity index (χ3v) is 10.9. The maximum Gasteiger partial charge on any atom is 0.305 e. The minimum atomic E-state index is -0.683. The average molecular weight is 884 g/mol. The fourth-order valence-corrected chi connectivity index (χ4v) is 6.42. The highest BCUT2D eigenvalue weighted by Gasteiger charge is 2.30. The molecule has 2 heterocycles. The monoisotopic (exact) mass is 882 g/mol. The van der Waals surface area contributed by atoms with Crippen LogP contribution in [0.4, 0.5) is 11.4 Å². The van der Waals surface area contributed by atoms with E-state index in [1.807, 2.05) is 93.6 Å². The molecule has 1 N–H and O–H groups in total. The normalized spacial score (nSPS) is 12.5. The summed E-state index contributed by atoms with van der Waals surface area (Å²) in [5, 5.41) is 27.5. The zero-order valence-electron chi connectivity index (χ0n) is 34.5. The number of aliphatic hydroxyl groups excluding tert-OH is 1. The Bertz CT molecular complexity index is 2480. The topological polar surface area (TPSA) is 150 Å². The number of carbonyl (C=O) groups excluding carboxylic acids is 2. The van der Waals surface area contributed by atoms with E-state index in [1.54, 1.807) is 32.9 Å². The Balaban J connectivity index is 0.000000244. The summed E-state index contributed by atoms with van der Waals surface area (Å²) in [5.74, 6) is 0.562. The standard InChI is InChI=1S/C23H22ClN3O3.C20H18ClN3O2.C3H5ClO/c1-5-20(28)29-15(3)18(13-17-11-12-19(25-4)21(24)14(17)2)23-27-26-22(30-23)16-9-7-6-8-10-16;1-12-15(9-10-17(22-3)18(12)21)11-16(13(2)25)20-24-23-19(26-20)14-7-5-4-6-8-14;1-2-3(4)5/h6-12,15,18H,5,13H2,1-3H3;4-10,13,16,25H,11H2,1-2H3;2H2,1H3/t15-,18+;13-,16+;/m00./s1. The first-order valence-corrected chi connectivity index (χ1v) is 20.5. The quantitative estimate of drug-likeness (QED) is 0.0674. The van der Waals surface area contributed by atoms with Crippen molar-refractivity contribution in [1.29, 1.82) is 0 Å². The van der Waals surface area contributed by atoms with Crippen molar-refractivity contribution in [1.82, 2.24) is 20.4 Å². The SMILES string of the molecule is CCC(=O)Cl.[C-]#[N+]c1ccc(C[C@@H](c2nnc(-c3ccccc3)o2)[C@H](C)O)c(C)c1Cl.[C-]#[N+]c1ccc(C[C@@H](c2nnc(-c3ccccc3)o2)[C@H](C)OC(=O)CC)c(C)c1Cl. The smallest absolute Gasteiger partial charge is 0.305 e. The largest absolute Gasteiger partial charge is 0.462 e. The molecule has 0 unspecified atom stereocenters. The predicted molar refractivity (Wildman–Crippen MR) is 236 cm³/mol. The number of esters is 1. The molecule has 0 amide bonds. The van der Waals surface area contributed by atoms with Gasteiger partial charge in [-0.15, -0.1) is 20.4 Å².